The van der Waals surface area contributed by atoms with Crippen LogP contribution in [0, 0.1) is 28.6 Å². The van der Waals surface area contributed by atoms with E-state index in [9.17, 15) is 24.6 Å². The third-order valence-corrected chi connectivity index (χ3v) is 8.52. The maximum Gasteiger partial charge on any atom is 0.303 e. The molecule has 6 nitrogen and oxygen atoms in total. The van der Waals surface area contributed by atoms with Crippen LogP contribution in [-0.4, -0.2) is 46.1 Å². The fourth-order valence-electron chi connectivity index (χ4n) is 7.08. The number of hydrogen-bond donors (Lipinski definition) is 2. The SMILES string of the molecule is CC(=O)OCC(=O)[C@@]1(O)CC[C@H]2[C@@H]3CCC4=CC(=O)C=C[C@]4(C)C3[C@@H](O)C[C@@]21C. The summed E-state index contributed by atoms with van der Waals surface area (Å²) in [6.45, 7) is 4.80. The van der Waals surface area contributed by atoms with Gasteiger partial charge in [-0.2, -0.15) is 0 Å². The van der Waals surface area contributed by atoms with Gasteiger partial charge in [0.2, 0.25) is 5.78 Å². The van der Waals surface area contributed by atoms with E-state index in [-0.39, 0.29) is 29.0 Å². The molecular weight excluding hydrogens is 372 g/mol. The first-order valence-corrected chi connectivity index (χ1v) is 10.5. The van der Waals surface area contributed by atoms with Crippen molar-refractivity contribution in [2.45, 2.75) is 64.6 Å². The van der Waals surface area contributed by atoms with Gasteiger partial charge < -0.3 is 14.9 Å². The van der Waals surface area contributed by atoms with E-state index in [0.717, 1.165) is 18.4 Å². The summed E-state index contributed by atoms with van der Waals surface area (Å²) in [4.78, 5) is 35.9. The summed E-state index contributed by atoms with van der Waals surface area (Å²) in [6.07, 6.45) is 7.50. The third-order valence-electron chi connectivity index (χ3n) is 8.52. The summed E-state index contributed by atoms with van der Waals surface area (Å²) < 4.78 is 4.88. The zero-order chi connectivity index (χ0) is 21.2. The molecule has 0 heterocycles. The molecule has 0 bridgehead atoms. The van der Waals surface area contributed by atoms with Gasteiger partial charge in [-0.05, 0) is 56.1 Å². The standard InChI is InChI=1S/C23H30O6/c1-13(24)29-12-19(27)23(28)9-7-17-16-5-4-14-10-15(25)6-8-21(14,2)20(16)18(26)11-22(17,23)3/h6,8,10,16-18,20,26,28H,4-5,7,9,11-12H2,1-3H3/t16-,17-,18-,20?,21-,22-,23-/m0/s1. The molecule has 0 spiro atoms. The highest BCUT2D eigenvalue weighted by molar-refractivity contribution is 6.01. The minimum absolute atomic E-state index is 0.00243. The largest absolute Gasteiger partial charge is 0.458 e. The molecule has 7 atom stereocenters. The lowest BCUT2D eigenvalue weighted by molar-refractivity contribution is -0.181. The average molecular weight is 402 g/mol. The molecule has 3 saturated carbocycles. The number of aliphatic hydroxyl groups is 2. The number of ether oxygens (including phenoxy) is 1. The van der Waals surface area contributed by atoms with E-state index >= 15 is 0 Å². The summed E-state index contributed by atoms with van der Waals surface area (Å²) in [5.74, 6) is -0.836. The molecule has 2 N–H and O–H groups in total. The molecule has 4 aliphatic carbocycles. The number of carbonyl (C=O) groups is 3. The lowest BCUT2D eigenvalue weighted by atomic mass is 9.46. The molecule has 29 heavy (non-hydrogen) atoms. The number of carbonyl (C=O) groups excluding carboxylic acids is 3. The second-order valence-corrected chi connectivity index (χ2v) is 9.81. The Balaban J connectivity index is 1.66. The lowest BCUT2D eigenvalue weighted by Gasteiger charge is -2.59. The van der Waals surface area contributed by atoms with Crippen molar-refractivity contribution in [3.05, 3.63) is 23.8 Å². The zero-order valence-electron chi connectivity index (χ0n) is 17.3. The average Bonchev–Trinajstić information content (AvgIpc) is 2.91. The van der Waals surface area contributed by atoms with Crippen LogP contribution in [0.1, 0.15) is 52.9 Å². The topological polar surface area (TPSA) is 101 Å². The highest BCUT2D eigenvalue weighted by Crippen LogP contribution is 2.67. The van der Waals surface area contributed by atoms with E-state index in [2.05, 4.69) is 6.92 Å². The Morgan fingerprint density at radius 3 is 2.69 bits per heavy atom. The van der Waals surface area contributed by atoms with Gasteiger partial charge in [0.1, 0.15) is 5.60 Å². The van der Waals surface area contributed by atoms with Crippen LogP contribution < -0.4 is 0 Å². The van der Waals surface area contributed by atoms with Gasteiger partial charge in [-0.3, -0.25) is 14.4 Å². The van der Waals surface area contributed by atoms with Crippen molar-refractivity contribution in [2.24, 2.45) is 28.6 Å². The summed E-state index contributed by atoms with van der Waals surface area (Å²) >= 11 is 0. The van der Waals surface area contributed by atoms with Crippen LogP contribution in [0.25, 0.3) is 0 Å². The molecule has 0 radical (unpaired) electrons. The minimum atomic E-state index is -1.60. The van der Waals surface area contributed by atoms with Crippen molar-refractivity contribution in [1.82, 2.24) is 0 Å². The Morgan fingerprint density at radius 2 is 2.00 bits per heavy atom. The summed E-state index contributed by atoms with van der Waals surface area (Å²) in [5, 5.41) is 22.7. The van der Waals surface area contributed by atoms with Crippen LogP contribution in [0.15, 0.2) is 23.8 Å². The fraction of sp³-hybridized carbons (Fsp3) is 0.696. The minimum Gasteiger partial charge on any atom is -0.458 e. The van der Waals surface area contributed by atoms with Crippen molar-refractivity contribution >= 4 is 17.5 Å². The van der Waals surface area contributed by atoms with Crippen molar-refractivity contribution < 1.29 is 29.3 Å². The Labute approximate surface area is 171 Å². The maximum absolute atomic E-state index is 12.9. The molecule has 0 aromatic heterocycles. The first kappa shape index (κ1) is 20.5. The number of esters is 1. The second-order valence-electron chi connectivity index (χ2n) is 9.81. The Kier molecular flexibility index (Phi) is 4.67. The highest BCUT2D eigenvalue weighted by Gasteiger charge is 2.68. The van der Waals surface area contributed by atoms with Gasteiger partial charge in [0.25, 0.3) is 0 Å². The van der Waals surface area contributed by atoms with Crippen LogP contribution in [0.3, 0.4) is 0 Å². The van der Waals surface area contributed by atoms with Crippen molar-refractivity contribution in [3.63, 3.8) is 0 Å². The van der Waals surface area contributed by atoms with Crippen LogP contribution >= 0.6 is 0 Å². The van der Waals surface area contributed by atoms with Crippen LogP contribution in [0.5, 0.6) is 0 Å². The maximum atomic E-state index is 12.9. The van der Waals surface area contributed by atoms with Gasteiger partial charge in [-0.25, -0.2) is 0 Å². The molecule has 0 aromatic carbocycles. The predicted octanol–water partition coefficient (Wildman–Crippen LogP) is 2.13. The molecular formula is C23H30O6. The predicted molar refractivity (Wildman–Crippen MR) is 105 cm³/mol. The zero-order valence-corrected chi connectivity index (χ0v) is 17.3. The van der Waals surface area contributed by atoms with Crippen molar-refractivity contribution in [3.8, 4) is 0 Å². The van der Waals surface area contributed by atoms with Crippen LogP contribution in [0.2, 0.25) is 0 Å². The number of rotatable bonds is 3. The number of Topliss-reactive ketones (excluding diaryl/α,β-unsaturated/α-hetero) is 1. The molecule has 3 fully saturated rings. The number of aliphatic hydroxyl groups excluding tert-OH is 1. The van der Waals surface area contributed by atoms with Crippen LogP contribution in [0.4, 0.5) is 0 Å². The van der Waals surface area contributed by atoms with Gasteiger partial charge >= 0.3 is 5.97 Å². The smallest absolute Gasteiger partial charge is 0.303 e. The fourth-order valence-corrected chi connectivity index (χ4v) is 7.08. The summed E-state index contributed by atoms with van der Waals surface area (Å²) in [5.41, 5.74) is -1.67. The number of allylic oxidation sites excluding steroid dienone is 4. The molecule has 4 aliphatic rings. The van der Waals surface area contributed by atoms with Crippen molar-refractivity contribution in [1.29, 1.82) is 0 Å². The number of hydrogen-bond acceptors (Lipinski definition) is 6. The van der Waals surface area contributed by atoms with Crippen molar-refractivity contribution in [2.75, 3.05) is 6.61 Å². The molecule has 4 rings (SSSR count). The first-order chi connectivity index (χ1) is 13.5. The Morgan fingerprint density at radius 1 is 1.28 bits per heavy atom. The molecule has 0 aliphatic heterocycles. The first-order valence-electron chi connectivity index (χ1n) is 10.5. The molecule has 6 heteroatoms. The van der Waals surface area contributed by atoms with Gasteiger partial charge in [-0.1, -0.05) is 25.5 Å². The summed E-state index contributed by atoms with van der Waals surface area (Å²) in [7, 11) is 0. The molecule has 0 saturated heterocycles. The van der Waals surface area contributed by atoms with Gasteiger partial charge in [0.15, 0.2) is 12.4 Å². The number of fused-ring (bicyclic) bond motifs is 5. The Bertz CT molecular complexity index is 827. The quantitative estimate of drug-likeness (QED) is 0.702. The molecule has 158 valence electrons. The van der Waals surface area contributed by atoms with E-state index in [1.807, 2.05) is 13.0 Å². The van der Waals surface area contributed by atoms with E-state index < -0.39 is 35.5 Å². The van der Waals surface area contributed by atoms with E-state index in [1.165, 1.54) is 6.92 Å². The molecule has 0 aromatic rings. The lowest BCUT2D eigenvalue weighted by Crippen LogP contribution is -2.61. The normalized spacial score (nSPS) is 45.7. The summed E-state index contributed by atoms with van der Waals surface area (Å²) in [6, 6.07) is 0. The van der Waals surface area contributed by atoms with Gasteiger partial charge in [-0.15, -0.1) is 0 Å². The van der Waals surface area contributed by atoms with Gasteiger partial charge in [0, 0.05) is 23.7 Å². The van der Waals surface area contributed by atoms with Crippen LogP contribution in [-0.2, 0) is 19.1 Å². The second kappa shape index (κ2) is 6.61. The van der Waals surface area contributed by atoms with Gasteiger partial charge in [0.05, 0.1) is 6.10 Å². The molecule has 0 amide bonds. The van der Waals surface area contributed by atoms with E-state index in [4.69, 9.17) is 4.74 Å². The van der Waals surface area contributed by atoms with E-state index in [1.54, 1.807) is 12.2 Å². The highest BCUT2D eigenvalue weighted by atomic mass is 16.5. The third kappa shape index (κ3) is 2.79. The molecule has 1 unspecified atom stereocenters. The number of ketones is 2. The Hall–Kier alpha value is -1.79. The monoisotopic (exact) mass is 402 g/mol. The van der Waals surface area contributed by atoms with E-state index in [0.29, 0.717) is 19.3 Å².